The number of carbonyl (C=O) groups excluding carboxylic acids is 1. The fourth-order valence-corrected chi connectivity index (χ4v) is 10.6. The van der Waals surface area contributed by atoms with Crippen LogP contribution in [0.15, 0.2) is 97.2 Å². The van der Waals surface area contributed by atoms with Crippen molar-refractivity contribution in [2.24, 2.45) is 0 Å². The van der Waals surface area contributed by atoms with Gasteiger partial charge in [-0.2, -0.15) is 0 Å². The van der Waals surface area contributed by atoms with Crippen LogP contribution in [0.4, 0.5) is 0 Å². The summed E-state index contributed by atoms with van der Waals surface area (Å²) in [6.45, 7) is 1.32. The molecule has 500 valence electrons. The topological polar surface area (TPSA) is 307 Å². The molecule has 12 N–H and O–H groups in total. The van der Waals surface area contributed by atoms with Crippen LogP contribution in [0.5, 0.6) is 0 Å². The van der Waals surface area contributed by atoms with Crippen LogP contribution in [0.3, 0.4) is 0 Å². The Morgan fingerprint density at radius 2 is 0.816 bits per heavy atom. The highest BCUT2D eigenvalue weighted by Gasteiger charge is 2.53. The van der Waals surface area contributed by atoms with Crippen molar-refractivity contribution in [1.82, 2.24) is 5.32 Å². The van der Waals surface area contributed by atoms with Crippen molar-refractivity contribution in [2.45, 2.75) is 298 Å². The van der Waals surface area contributed by atoms with Crippen molar-refractivity contribution in [2.75, 3.05) is 26.4 Å². The Bertz CT molecular complexity index is 1960. The van der Waals surface area contributed by atoms with Gasteiger partial charge in [0.2, 0.25) is 5.91 Å². The first-order valence-electron chi connectivity index (χ1n) is 33.0. The van der Waals surface area contributed by atoms with Crippen molar-refractivity contribution >= 4 is 5.91 Å². The van der Waals surface area contributed by atoms with Gasteiger partial charge in [-0.1, -0.05) is 200 Å². The van der Waals surface area contributed by atoms with Gasteiger partial charge in [0.1, 0.15) is 73.2 Å². The highest BCUT2D eigenvalue weighted by atomic mass is 16.8. The summed E-state index contributed by atoms with van der Waals surface area (Å²) in [6, 6.07) is -0.998. The van der Waals surface area contributed by atoms with E-state index in [1.807, 2.05) is 19.1 Å². The van der Waals surface area contributed by atoms with Crippen molar-refractivity contribution < 1.29 is 89.4 Å². The molecular weight excluding hydrogens is 1120 g/mol. The second kappa shape index (κ2) is 49.4. The van der Waals surface area contributed by atoms with Gasteiger partial charge in [-0.3, -0.25) is 4.79 Å². The van der Waals surface area contributed by atoms with Crippen LogP contribution in [0, 0.1) is 0 Å². The summed E-state index contributed by atoms with van der Waals surface area (Å²) in [5, 5.41) is 120. The zero-order chi connectivity index (χ0) is 63.3. The molecule has 0 aromatic heterocycles. The zero-order valence-corrected chi connectivity index (χ0v) is 52.5. The fraction of sp³-hybridized carbons (Fsp3) is 0.750. The molecule has 87 heavy (non-hydrogen) atoms. The third-order valence-corrected chi connectivity index (χ3v) is 15.9. The van der Waals surface area contributed by atoms with Crippen LogP contribution < -0.4 is 5.32 Å². The molecule has 0 bridgehead atoms. The molecule has 0 saturated carbocycles. The summed E-state index contributed by atoms with van der Waals surface area (Å²) < 4.78 is 34.2. The standard InChI is InChI=1S/C68H115NO18/c1-3-5-7-9-11-13-14-15-16-17-18-19-20-21-22-23-24-25-26-27-28-29-30-31-32-33-34-35-36-38-40-42-44-46-56(74)69-51(52(73)45-43-41-39-37-12-10-8-6-4-2)50-82-66-62(80)59(77)64(54(48-71)84-66)87-68-63(81)60(78)65(55(49-72)85-68)86-67-61(79)58(76)57(75)53(47-70)83-67/h4-7,11-13,15-16,18-19,21-22,37,43,45,51-55,57-68,70-73,75-81H,3,8-10,14,17,20,23-36,38-42,44,46-50H2,1-2H3,(H,69,74)/b6-4+,7-5-,13-11-,16-15-,19-18-,22-21-,37-12+,45-43+. The van der Waals surface area contributed by atoms with Gasteiger partial charge < -0.3 is 89.9 Å². The van der Waals surface area contributed by atoms with Crippen LogP contribution in [0.2, 0.25) is 0 Å². The summed E-state index contributed by atoms with van der Waals surface area (Å²) in [5.74, 6) is -0.296. The van der Waals surface area contributed by atoms with E-state index in [0.29, 0.717) is 12.8 Å². The van der Waals surface area contributed by atoms with E-state index in [-0.39, 0.29) is 18.9 Å². The number of aliphatic hydroxyl groups is 11. The zero-order valence-electron chi connectivity index (χ0n) is 52.5. The smallest absolute Gasteiger partial charge is 0.220 e. The summed E-state index contributed by atoms with van der Waals surface area (Å²) in [7, 11) is 0. The first kappa shape index (κ1) is 78.0. The molecule has 19 nitrogen and oxygen atoms in total. The molecule has 3 fully saturated rings. The van der Waals surface area contributed by atoms with E-state index in [0.717, 1.165) is 70.6 Å². The van der Waals surface area contributed by atoms with Gasteiger partial charge >= 0.3 is 0 Å². The maximum absolute atomic E-state index is 13.3. The minimum Gasteiger partial charge on any atom is -0.394 e. The number of nitrogens with one attached hydrogen (secondary N) is 1. The lowest BCUT2D eigenvalue weighted by Crippen LogP contribution is -2.66. The first-order chi connectivity index (χ1) is 42.3. The van der Waals surface area contributed by atoms with Crippen molar-refractivity contribution in [3.63, 3.8) is 0 Å². The first-order valence-corrected chi connectivity index (χ1v) is 33.0. The van der Waals surface area contributed by atoms with Crippen LogP contribution in [0.25, 0.3) is 0 Å². The van der Waals surface area contributed by atoms with Gasteiger partial charge in [-0.25, -0.2) is 0 Å². The second-order valence-electron chi connectivity index (χ2n) is 23.2. The SMILES string of the molecule is C/C=C/CC/C=C/CC/C=C/C(O)C(COC1OC(CO)C(OC2OC(CO)C(OC3OC(CO)C(O)C(O)C3O)C(O)C2O)C(O)C1O)NC(=O)CCCCCCCCCCCCCCCCCCC/C=C\C/C=C\C/C=C\C/C=C\C/C=C\CC. The molecule has 3 rings (SSSR count). The highest BCUT2D eigenvalue weighted by Crippen LogP contribution is 2.33. The van der Waals surface area contributed by atoms with Crippen LogP contribution in [-0.2, 0) is 33.2 Å². The van der Waals surface area contributed by atoms with E-state index in [1.54, 1.807) is 6.08 Å². The van der Waals surface area contributed by atoms with E-state index in [4.69, 9.17) is 28.4 Å². The number of hydrogen-bond acceptors (Lipinski definition) is 18. The molecular formula is C68H115NO18. The molecule has 1 amide bonds. The predicted molar refractivity (Wildman–Crippen MR) is 337 cm³/mol. The van der Waals surface area contributed by atoms with Gasteiger partial charge in [0.15, 0.2) is 18.9 Å². The molecule has 3 saturated heterocycles. The number of aliphatic hydroxyl groups excluding tert-OH is 11. The van der Waals surface area contributed by atoms with Crippen LogP contribution >= 0.6 is 0 Å². The van der Waals surface area contributed by atoms with Crippen LogP contribution in [0.1, 0.15) is 194 Å². The molecule has 0 aromatic carbocycles. The lowest BCUT2D eigenvalue weighted by molar-refractivity contribution is -0.379. The molecule has 0 aromatic rings. The van der Waals surface area contributed by atoms with Crippen LogP contribution in [-0.4, -0.2) is 193 Å². The molecule has 17 atom stereocenters. The normalized spacial score (nSPS) is 29.2. The van der Waals surface area contributed by atoms with E-state index in [2.05, 4.69) is 91.2 Å². The molecule has 0 aliphatic carbocycles. The maximum atomic E-state index is 13.3. The minimum absolute atomic E-state index is 0.227. The number of hydrogen-bond donors (Lipinski definition) is 12. The second-order valence-corrected chi connectivity index (χ2v) is 23.2. The number of rotatable bonds is 48. The summed E-state index contributed by atoms with van der Waals surface area (Å²) in [5.41, 5.74) is 0. The molecule has 17 unspecified atom stereocenters. The van der Waals surface area contributed by atoms with E-state index >= 15 is 0 Å². The fourth-order valence-electron chi connectivity index (χ4n) is 10.6. The van der Waals surface area contributed by atoms with Gasteiger partial charge in [0, 0.05) is 6.42 Å². The molecule has 3 heterocycles. The molecule has 0 spiro atoms. The Morgan fingerprint density at radius 1 is 0.437 bits per heavy atom. The van der Waals surface area contributed by atoms with E-state index in [1.165, 1.54) is 89.9 Å². The maximum Gasteiger partial charge on any atom is 0.220 e. The Labute approximate surface area is 520 Å². The molecule has 3 aliphatic heterocycles. The van der Waals surface area contributed by atoms with Gasteiger partial charge in [-0.05, 0) is 84.0 Å². The lowest BCUT2D eigenvalue weighted by Gasteiger charge is -2.48. The minimum atomic E-state index is -1.98. The average molecular weight is 1230 g/mol. The van der Waals surface area contributed by atoms with Gasteiger partial charge in [-0.15, -0.1) is 0 Å². The lowest BCUT2D eigenvalue weighted by atomic mass is 9.96. The average Bonchev–Trinajstić information content (AvgIpc) is 3.66. The third-order valence-electron chi connectivity index (χ3n) is 15.9. The Morgan fingerprint density at radius 3 is 1.29 bits per heavy atom. The largest absolute Gasteiger partial charge is 0.394 e. The van der Waals surface area contributed by atoms with Gasteiger partial charge in [0.05, 0.1) is 38.6 Å². The summed E-state index contributed by atoms with van der Waals surface area (Å²) >= 11 is 0. The molecule has 0 radical (unpaired) electrons. The Hall–Kier alpha value is -3.29. The molecule has 3 aliphatic rings. The number of ether oxygens (including phenoxy) is 6. The number of carbonyl (C=O) groups is 1. The summed E-state index contributed by atoms with van der Waals surface area (Å²) in [6.07, 6.45) is 37.4. The van der Waals surface area contributed by atoms with Crippen molar-refractivity contribution in [1.29, 1.82) is 0 Å². The van der Waals surface area contributed by atoms with Gasteiger partial charge in [0.25, 0.3) is 0 Å². The number of unbranched alkanes of at least 4 members (excludes halogenated alkanes) is 19. The highest BCUT2D eigenvalue weighted by molar-refractivity contribution is 5.76. The quantitative estimate of drug-likeness (QED) is 0.0205. The monoisotopic (exact) mass is 1230 g/mol. The number of allylic oxidation sites excluding steroid dienone is 15. The third kappa shape index (κ3) is 32.0. The van der Waals surface area contributed by atoms with Crippen molar-refractivity contribution in [3.05, 3.63) is 97.2 Å². The molecule has 19 heteroatoms. The van der Waals surface area contributed by atoms with Crippen molar-refractivity contribution in [3.8, 4) is 0 Å². The Kier molecular flexibility index (Phi) is 44.3. The Balaban J connectivity index is 1.34. The predicted octanol–water partition coefficient (Wildman–Crippen LogP) is 7.71. The van der Waals surface area contributed by atoms with E-state index < -0.39 is 124 Å². The summed E-state index contributed by atoms with van der Waals surface area (Å²) in [4.78, 5) is 13.3. The number of amides is 1. The van der Waals surface area contributed by atoms with E-state index in [9.17, 15) is 61.0 Å².